The molecule has 0 amide bonds. The molecule has 0 saturated carbocycles. The molecular weight excluding hydrogens is 248 g/mol. The maximum atomic E-state index is 9.76. The highest BCUT2D eigenvalue weighted by Crippen LogP contribution is 2.26. The van der Waals surface area contributed by atoms with Gasteiger partial charge in [-0.05, 0) is 41.7 Å². The summed E-state index contributed by atoms with van der Waals surface area (Å²) in [6, 6.07) is 13.1. The summed E-state index contributed by atoms with van der Waals surface area (Å²) in [6.45, 7) is 9.50. The largest absolute Gasteiger partial charge is 0.508 e. The van der Waals surface area contributed by atoms with Gasteiger partial charge < -0.3 is 10.2 Å². The number of phenolic OH excluding ortho intramolecular Hbond substituents is 1. The second-order valence-electron chi connectivity index (χ2n) is 4.89. The van der Waals surface area contributed by atoms with Gasteiger partial charge in [0.15, 0.2) is 0 Å². The van der Waals surface area contributed by atoms with E-state index in [4.69, 9.17) is 0 Å². The Morgan fingerprint density at radius 3 is 2.45 bits per heavy atom. The molecule has 102 valence electrons. The molecule has 0 heterocycles. The molecule has 2 aromatic carbocycles. The second kappa shape index (κ2) is 5.66. The zero-order valence-corrected chi connectivity index (χ0v) is 11.6. The maximum Gasteiger partial charge on any atom is 0.119 e. The average molecular weight is 266 g/mol. The highest BCUT2D eigenvalue weighted by Gasteiger charge is 2.08. The molecule has 0 fully saturated rings. The van der Waals surface area contributed by atoms with E-state index >= 15 is 0 Å². The Kier molecular flexibility index (Phi) is 3.94. The standard InChI is InChI=1S/C18H18O2/c1-12-8-9-15(11-18(12)20)13(2)10-16-6-4-5-7-17(16)14(3)19/h4-9,11,19-20H,2-3,10H2,1H3. The Morgan fingerprint density at radius 2 is 1.80 bits per heavy atom. The third kappa shape index (κ3) is 2.91. The fourth-order valence-electron chi connectivity index (χ4n) is 2.12. The van der Waals surface area contributed by atoms with Crippen LogP contribution in [0.25, 0.3) is 11.3 Å². The van der Waals surface area contributed by atoms with Crippen molar-refractivity contribution in [3.05, 3.63) is 77.9 Å². The van der Waals surface area contributed by atoms with E-state index in [1.165, 1.54) is 0 Å². The highest BCUT2D eigenvalue weighted by atomic mass is 16.3. The Bertz CT molecular complexity index is 669. The van der Waals surface area contributed by atoms with Gasteiger partial charge in [0.1, 0.15) is 11.5 Å². The van der Waals surface area contributed by atoms with Crippen LogP contribution in [-0.2, 0) is 6.42 Å². The van der Waals surface area contributed by atoms with E-state index in [1.54, 1.807) is 6.07 Å². The van der Waals surface area contributed by atoms with Crippen molar-refractivity contribution in [1.82, 2.24) is 0 Å². The summed E-state index contributed by atoms with van der Waals surface area (Å²) in [6.07, 6.45) is 0.595. The van der Waals surface area contributed by atoms with Gasteiger partial charge in [-0.25, -0.2) is 0 Å². The number of allylic oxidation sites excluding steroid dienone is 1. The number of aryl methyl sites for hydroxylation is 1. The molecule has 2 N–H and O–H groups in total. The van der Waals surface area contributed by atoms with Crippen LogP contribution in [-0.4, -0.2) is 10.2 Å². The van der Waals surface area contributed by atoms with E-state index in [1.807, 2.05) is 43.3 Å². The Morgan fingerprint density at radius 1 is 1.10 bits per heavy atom. The molecule has 2 nitrogen and oxygen atoms in total. The zero-order valence-electron chi connectivity index (χ0n) is 11.6. The molecule has 2 rings (SSSR count). The number of rotatable bonds is 4. The molecular formula is C18H18O2. The number of hydrogen-bond acceptors (Lipinski definition) is 2. The maximum absolute atomic E-state index is 9.76. The first-order chi connectivity index (χ1) is 9.49. The summed E-state index contributed by atoms with van der Waals surface area (Å²) in [5.41, 5.74) is 4.31. The van der Waals surface area contributed by atoms with E-state index in [0.29, 0.717) is 6.42 Å². The lowest BCUT2D eigenvalue weighted by atomic mass is 9.95. The van der Waals surface area contributed by atoms with E-state index < -0.39 is 0 Å². The number of hydrogen-bond donors (Lipinski definition) is 2. The van der Waals surface area contributed by atoms with E-state index in [2.05, 4.69) is 13.2 Å². The van der Waals surface area contributed by atoms with Crippen LogP contribution in [0.3, 0.4) is 0 Å². The van der Waals surface area contributed by atoms with Crippen molar-refractivity contribution >= 4 is 11.3 Å². The van der Waals surface area contributed by atoms with Crippen molar-refractivity contribution in [2.75, 3.05) is 0 Å². The molecule has 0 aliphatic rings. The SMILES string of the molecule is C=C(Cc1ccccc1C(=C)O)c1ccc(C)c(O)c1. The Labute approximate surface area is 119 Å². The predicted molar refractivity (Wildman–Crippen MR) is 83.7 cm³/mol. The minimum atomic E-state index is 0.0557. The molecule has 0 radical (unpaired) electrons. The molecule has 0 aliphatic carbocycles. The van der Waals surface area contributed by atoms with Crippen molar-refractivity contribution in [1.29, 1.82) is 0 Å². The van der Waals surface area contributed by atoms with Crippen LogP contribution in [0.5, 0.6) is 5.75 Å². The number of aliphatic hydroxyl groups is 1. The molecule has 0 bridgehead atoms. The van der Waals surface area contributed by atoms with Crippen LogP contribution >= 0.6 is 0 Å². The normalized spacial score (nSPS) is 10.2. The van der Waals surface area contributed by atoms with Crippen LogP contribution in [0.2, 0.25) is 0 Å². The fraction of sp³-hybridized carbons (Fsp3) is 0.111. The van der Waals surface area contributed by atoms with Crippen LogP contribution in [0.15, 0.2) is 55.6 Å². The molecule has 2 heteroatoms. The van der Waals surface area contributed by atoms with E-state index in [-0.39, 0.29) is 11.5 Å². The molecule has 0 spiro atoms. The molecule has 2 aromatic rings. The topological polar surface area (TPSA) is 40.5 Å². The van der Waals surface area contributed by atoms with Crippen LogP contribution in [0.1, 0.15) is 22.3 Å². The first-order valence-corrected chi connectivity index (χ1v) is 6.43. The summed E-state index contributed by atoms with van der Waals surface area (Å²) >= 11 is 0. The quantitative estimate of drug-likeness (QED) is 0.801. The predicted octanol–water partition coefficient (Wildman–Crippen LogP) is 4.49. The summed E-state index contributed by atoms with van der Waals surface area (Å²) < 4.78 is 0. The minimum Gasteiger partial charge on any atom is -0.508 e. The molecule has 0 unspecified atom stereocenters. The van der Waals surface area contributed by atoms with Gasteiger partial charge in [-0.3, -0.25) is 0 Å². The van der Waals surface area contributed by atoms with Gasteiger partial charge in [0.2, 0.25) is 0 Å². The minimum absolute atomic E-state index is 0.0557. The number of phenols is 1. The Balaban J connectivity index is 2.28. The van der Waals surface area contributed by atoms with Crippen molar-refractivity contribution in [3.8, 4) is 5.75 Å². The van der Waals surface area contributed by atoms with Gasteiger partial charge in [-0.1, -0.05) is 49.6 Å². The fourth-order valence-corrected chi connectivity index (χ4v) is 2.12. The lowest BCUT2D eigenvalue weighted by molar-refractivity contribution is 0.471. The monoisotopic (exact) mass is 266 g/mol. The van der Waals surface area contributed by atoms with Gasteiger partial charge in [-0.15, -0.1) is 0 Å². The number of benzene rings is 2. The first-order valence-electron chi connectivity index (χ1n) is 6.43. The van der Waals surface area contributed by atoms with Crippen molar-refractivity contribution < 1.29 is 10.2 Å². The van der Waals surface area contributed by atoms with Gasteiger partial charge >= 0.3 is 0 Å². The van der Waals surface area contributed by atoms with E-state index in [0.717, 1.165) is 27.8 Å². The first kappa shape index (κ1) is 13.9. The van der Waals surface area contributed by atoms with Gasteiger partial charge in [0, 0.05) is 5.56 Å². The van der Waals surface area contributed by atoms with Crippen LogP contribution in [0.4, 0.5) is 0 Å². The zero-order chi connectivity index (χ0) is 14.7. The lowest BCUT2D eigenvalue weighted by Gasteiger charge is -2.11. The number of aliphatic hydroxyl groups excluding tert-OH is 1. The van der Waals surface area contributed by atoms with Crippen LogP contribution < -0.4 is 0 Å². The second-order valence-corrected chi connectivity index (χ2v) is 4.89. The van der Waals surface area contributed by atoms with Gasteiger partial charge in [0.05, 0.1) is 0 Å². The molecule has 20 heavy (non-hydrogen) atoms. The summed E-state index contributed by atoms with van der Waals surface area (Å²) in [7, 11) is 0. The highest BCUT2D eigenvalue weighted by molar-refractivity contribution is 5.70. The third-order valence-electron chi connectivity index (χ3n) is 3.35. The molecule has 0 atom stereocenters. The van der Waals surface area contributed by atoms with Gasteiger partial charge in [0.25, 0.3) is 0 Å². The lowest BCUT2D eigenvalue weighted by Crippen LogP contribution is -1.95. The molecule has 0 aromatic heterocycles. The Hall–Kier alpha value is -2.48. The van der Waals surface area contributed by atoms with Crippen molar-refractivity contribution in [2.24, 2.45) is 0 Å². The molecule has 0 saturated heterocycles. The summed E-state index contributed by atoms with van der Waals surface area (Å²) in [5.74, 6) is 0.323. The average Bonchev–Trinajstić information content (AvgIpc) is 2.42. The summed E-state index contributed by atoms with van der Waals surface area (Å²) in [5, 5.41) is 19.4. The number of aromatic hydroxyl groups is 1. The van der Waals surface area contributed by atoms with Crippen molar-refractivity contribution in [2.45, 2.75) is 13.3 Å². The third-order valence-corrected chi connectivity index (χ3v) is 3.35. The smallest absolute Gasteiger partial charge is 0.119 e. The van der Waals surface area contributed by atoms with Gasteiger partial charge in [-0.2, -0.15) is 0 Å². The molecule has 0 aliphatic heterocycles. The van der Waals surface area contributed by atoms with Crippen molar-refractivity contribution in [3.63, 3.8) is 0 Å². The summed E-state index contributed by atoms with van der Waals surface area (Å²) in [4.78, 5) is 0. The van der Waals surface area contributed by atoms with Crippen LogP contribution in [0, 0.1) is 6.92 Å². The van der Waals surface area contributed by atoms with E-state index in [9.17, 15) is 10.2 Å².